The van der Waals surface area contributed by atoms with E-state index < -0.39 is 11.9 Å². The van der Waals surface area contributed by atoms with Crippen LogP contribution in [0.15, 0.2) is 61.4 Å². The molecule has 0 bridgehead atoms. The zero-order valence-corrected chi connectivity index (χ0v) is 21.5. The van der Waals surface area contributed by atoms with Crippen molar-refractivity contribution in [3.8, 4) is 11.5 Å². The van der Waals surface area contributed by atoms with Gasteiger partial charge in [-0.15, -0.1) is 0 Å². The fourth-order valence-corrected chi connectivity index (χ4v) is 5.52. The lowest BCUT2D eigenvalue weighted by Crippen LogP contribution is -2.45. The van der Waals surface area contributed by atoms with Gasteiger partial charge in [-0.1, -0.05) is 19.4 Å². The highest BCUT2D eigenvalue weighted by Crippen LogP contribution is 2.42. The quantitative estimate of drug-likeness (QED) is 0.411. The van der Waals surface area contributed by atoms with Crippen molar-refractivity contribution in [3.63, 3.8) is 0 Å². The molecule has 0 aliphatic carbocycles. The molecule has 200 valence electrons. The van der Waals surface area contributed by atoms with Crippen LogP contribution in [0.4, 0.5) is 5.69 Å². The second-order valence-corrected chi connectivity index (χ2v) is 9.78. The van der Waals surface area contributed by atoms with E-state index in [1.807, 2.05) is 46.0 Å². The summed E-state index contributed by atoms with van der Waals surface area (Å²) in [6, 6.07) is 8.99. The van der Waals surface area contributed by atoms with Crippen molar-refractivity contribution in [2.45, 2.75) is 44.7 Å². The maximum absolute atomic E-state index is 13.7. The number of carbonyl (C=O) groups excluding carboxylic acids is 1. The summed E-state index contributed by atoms with van der Waals surface area (Å²) < 4.78 is 13.0. The van der Waals surface area contributed by atoms with Crippen LogP contribution in [0.5, 0.6) is 11.5 Å². The minimum absolute atomic E-state index is 0.0606. The van der Waals surface area contributed by atoms with Crippen molar-refractivity contribution < 1.29 is 24.2 Å². The normalized spacial score (nSPS) is 20.5. The monoisotopic (exact) mass is 519 g/mol. The second kappa shape index (κ2) is 11.6. The molecule has 10 nitrogen and oxygen atoms in total. The summed E-state index contributed by atoms with van der Waals surface area (Å²) >= 11 is 0. The SMILES string of the molecule is CCCCN(C(=O)CN1C[C@H](c2ccc3c(c2)OCO3)C(C(=O)O)[C@@H]1CCn1ccnc1)c1cccnc1. The number of aliphatic carboxylic acids is 1. The molecule has 2 aliphatic heterocycles. The molecular formula is C28H33N5O5. The van der Waals surface area contributed by atoms with Gasteiger partial charge in [0.2, 0.25) is 12.7 Å². The Morgan fingerprint density at radius 2 is 2.03 bits per heavy atom. The van der Waals surface area contributed by atoms with Gasteiger partial charge in [-0.3, -0.25) is 19.5 Å². The van der Waals surface area contributed by atoms with Crippen molar-refractivity contribution in [1.29, 1.82) is 0 Å². The van der Waals surface area contributed by atoms with Gasteiger partial charge < -0.3 is 24.0 Å². The van der Waals surface area contributed by atoms with Crippen LogP contribution >= 0.6 is 0 Å². The van der Waals surface area contributed by atoms with Gasteiger partial charge in [0.25, 0.3) is 0 Å². The molecule has 2 aliphatic rings. The molecule has 1 fully saturated rings. The summed E-state index contributed by atoms with van der Waals surface area (Å²) in [5.74, 6) is -0.633. The van der Waals surface area contributed by atoms with Crippen molar-refractivity contribution in [2.75, 3.05) is 31.3 Å². The van der Waals surface area contributed by atoms with Gasteiger partial charge in [0.05, 0.1) is 30.7 Å². The number of nitrogens with zero attached hydrogens (tertiary/aromatic N) is 5. The predicted molar refractivity (Wildman–Crippen MR) is 140 cm³/mol. The smallest absolute Gasteiger partial charge is 0.308 e. The van der Waals surface area contributed by atoms with Gasteiger partial charge in [-0.25, -0.2) is 4.98 Å². The molecule has 1 unspecified atom stereocenters. The predicted octanol–water partition coefficient (Wildman–Crippen LogP) is 3.40. The third-order valence-electron chi connectivity index (χ3n) is 7.43. The zero-order chi connectivity index (χ0) is 26.5. The van der Waals surface area contributed by atoms with Gasteiger partial charge in [0.15, 0.2) is 11.5 Å². The Kier molecular flexibility index (Phi) is 7.88. The Labute approximate surface area is 221 Å². The number of amides is 1. The number of pyridine rings is 1. The van der Waals surface area contributed by atoms with E-state index in [9.17, 15) is 14.7 Å². The molecule has 3 atom stereocenters. The maximum Gasteiger partial charge on any atom is 0.308 e. The lowest BCUT2D eigenvalue weighted by molar-refractivity contribution is -0.143. The first kappa shape index (κ1) is 25.7. The highest BCUT2D eigenvalue weighted by atomic mass is 16.7. The number of carboxylic acid groups (broad SMARTS) is 1. The lowest BCUT2D eigenvalue weighted by Gasteiger charge is -2.29. The van der Waals surface area contributed by atoms with Gasteiger partial charge in [-0.05, 0) is 42.7 Å². The number of fused-ring (bicyclic) bond motifs is 1. The standard InChI is InChI=1S/C28H33N5O5/c1-2-3-11-33(21-5-4-9-29-15-21)26(34)17-32-16-22(20-6-7-24-25(14-20)38-19-37-24)27(28(35)36)23(32)8-12-31-13-10-30-18-31/h4-7,9-10,13-15,18,22-23,27H,2-3,8,11-12,16-17,19H2,1H3,(H,35,36)/t22-,23+,27?/m1/s1. The number of aromatic nitrogens is 3. The summed E-state index contributed by atoms with van der Waals surface area (Å²) in [5.41, 5.74) is 1.63. The minimum atomic E-state index is -0.867. The molecule has 4 heterocycles. The van der Waals surface area contributed by atoms with Crippen LogP contribution < -0.4 is 14.4 Å². The molecule has 0 radical (unpaired) electrons. The number of hydrogen-bond donors (Lipinski definition) is 1. The Bertz CT molecular complexity index is 1240. The summed E-state index contributed by atoms with van der Waals surface area (Å²) in [5, 5.41) is 10.4. The molecule has 2 aromatic heterocycles. The van der Waals surface area contributed by atoms with Gasteiger partial charge >= 0.3 is 5.97 Å². The number of benzene rings is 1. The number of unbranched alkanes of at least 4 members (excludes halogenated alkanes) is 1. The molecule has 1 amide bonds. The molecule has 0 spiro atoms. The molecule has 38 heavy (non-hydrogen) atoms. The van der Waals surface area contributed by atoms with Crippen molar-refractivity contribution in [1.82, 2.24) is 19.4 Å². The molecule has 1 aromatic carbocycles. The van der Waals surface area contributed by atoms with Crippen molar-refractivity contribution >= 4 is 17.6 Å². The molecule has 0 saturated carbocycles. The largest absolute Gasteiger partial charge is 0.481 e. The number of ether oxygens (including phenoxy) is 2. The molecular weight excluding hydrogens is 486 g/mol. The van der Waals surface area contributed by atoms with E-state index in [-0.39, 0.29) is 31.2 Å². The van der Waals surface area contributed by atoms with E-state index in [1.54, 1.807) is 29.8 Å². The molecule has 3 aromatic rings. The van der Waals surface area contributed by atoms with Crippen LogP contribution in [0.2, 0.25) is 0 Å². The van der Waals surface area contributed by atoms with Crippen LogP contribution in [-0.2, 0) is 16.1 Å². The first-order valence-corrected chi connectivity index (χ1v) is 13.1. The summed E-state index contributed by atoms with van der Waals surface area (Å²) in [7, 11) is 0. The average molecular weight is 520 g/mol. The highest BCUT2D eigenvalue weighted by Gasteiger charge is 2.47. The maximum atomic E-state index is 13.7. The van der Waals surface area contributed by atoms with Crippen LogP contribution in [0.3, 0.4) is 0 Å². The molecule has 10 heteroatoms. The Morgan fingerprint density at radius 1 is 1.16 bits per heavy atom. The van der Waals surface area contributed by atoms with E-state index >= 15 is 0 Å². The number of anilines is 1. The summed E-state index contributed by atoms with van der Waals surface area (Å²) in [6.07, 6.45) is 11.1. The minimum Gasteiger partial charge on any atom is -0.481 e. The number of hydrogen-bond acceptors (Lipinski definition) is 7. The van der Waals surface area contributed by atoms with E-state index in [0.29, 0.717) is 37.6 Å². The van der Waals surface area contributed by atoms with Gasteiger partial charge in [0.1, 0.15) is 0 Å². The third-order valence-corrected chi connectivity index (χ3v) is 7.43. The van der Waals surface area contributed by atoms with Gasteiger partial charge in [-0.2, -0.15) is 0 Å². The van der Waals surface area contributed by atoms with Crippen LogP contribution in [0, 0.1) is 5.92 Å². The summed E-state index contributed by atoms with van der Waals surface area (Å²) in [6.45, 7) is 4.01. The lowest BCUT2D eigenvalue weighted by atomic mass is 9.84. The molecule has 1 saturated heterocycles. The number of rotatable bonds is 11. The second-order valence-electron chi connectivity index (χ2n) is 9.78. The number of likely N-dealkylation sites (tertiary alicyclic amines) is 1. The van der Waals surface area contributed by atoms with E-state index in [2.05, 4.69) is 16.9 Å². The number of imidazole rings is 1. The summed E-state index contributed by atoms with van der Waals surface area (Å²) in [4.78, 5) is 38.6. The molecule has 5 rings (SSSR count). The average Bonchev–Trinajstić information content (AvgIpc) is 3.68. The Balaban J connectivity index is 1.43. The van der Waals surface area contributed by atoms with E-state index in [0.717, 1.165) is 24.1 Å². The van der Waals surface area contributed by atoms with Crippen LogP contribution in [-0.4, -0.2) is 68.9 Å². The number of carboxylic acids is 1. The van der Waals surface area contributed by atoms with Crippen LogP contribution in [0.25, 0.3) is 0 Å². The van der Waals surface area contributed by atoms with Crippen molar-refractivity contribution in [2.24, 2.45) is 5.92 Å². The topological polar surface area (TPSA) is 110 Å². The first-order valence-electron chi connectivity index (χ1n) is 13.1. The Morgan fingerprint density at radius 3 is 2.76 bits per heavy atom. The number of aryl methyl sites for hydroxylation is 1. The third kappa shape index (κ3) is 5.50. The highest BCUT2D eigenvalue weighted by molar-refractivity contribution is 5.94. The van der Waals surface area contributed by atoms with Crippen LogP contribution in [0.1, 0.15) is 37.7 Å². The fourth-order valence-electron chi connectivity index (χ4n) is 5.52. The number of carbonyl (C=O) groups is 2. The zero-order valence-electron chi connectivity index (χ0n) is 21.5. The first-order chi connectivity index (χ1) is 18.5. The van der Waals surface area contributed by atoms with Gasteiger partial charge in [0, 0.05) is 50.2 Å². The molecule has 1 N–H and O–H groups in total. The van der Waals surface area contributed by atoms with Crippen molar-refractivity contribution in [3.05, 3.63) is 67.0 Å². The Hall–Kier alpha value is -3.92. The van der Waals surface area contributed by atoms with E-state index in [4.69, 9.17) is 9.47 Å². The van der Waals surface area contributed by atoms with E-state index in [1.165, 1.54) is 0 Å². The fraction of sp³-hybridized carbons (Fsp3) is 0.429.